The minimum atomic E-state index is 0.147. The van der Waals surface area contributed by atoms with Gasteiger partial charge in [0.1, 0.15) is 11.9 Å². The Morgan fingerprint density at radius 3 is 2.42 bits per heavy atom. The normalized spacial score (nSPS) is 14.5. The number of hydrogen-bond acceptors (Lipinski definition) is 5. The maximum Gasteiger partial charge on any atom is 0.233 e. The highest BCUT2D eigenvalue weighted by molar-refractivity contribution is 7.99. The molecule has 1 aliphatic rings. The van der Waals surface area contributed by atoms with E-state index in [2.05, 4.69) is 72.8 Å². The van der Waals surface area contributed by atoms with Gasteiger partial charge in [0.15, 0.2) is 11.0 Å². The van der Waals surface area contributed by atoms with Crippen molar-refractivity contribution in [1.29, 1.82) is 0 Å². The molecule has 1 fully saturated rings. The lowest BCUT2D eigenvalue weighted by molar-refractivity contribution is -0.130. The van der Waals surface area contributed by atoms with Crippen LogP contribution < -0.4 is 4.74 Å². The second kappa shape index (κ2) is 10.4. The summed E-state index contributed by atoms with van der Waals surface area (Å²) in [6, 6.07) is 14.5. The third-order valence-corrected chi connectivity index (χ3v) is 7.07. The zero-order valence-electron chi connectivity index (χ0n) is 19.9. The average molecular weight is 465 g/mol. The summed E-state index contributed by atoms with van der Waals surface area (Å²) >= 11 is 1.47. The van der Waals surface area contributed by atoms with Gasteiger partial charge in [-0.25, -0.2) is 0 Å². The van der Waals surface area contributed by atoms with Crippen molar-refractivity contribution in [2.24, 2.45) is 0 Å². The van der Waals surface area contributed by atoms with Crippen molar-refractivity contribution in [2.75, 3.05) is 18.8 Å². The first kappa shape index (κ1) is 23.4. The standard InChI is InChI=1S/C26H32N4O2S/c1-5-30-25(21-11-6-8-18(2)16-21)27-28-26(30)33-17-23(31)29-14-12-22(13-15-29)32-24-19(3)9-7-10-20(24)4/h6-11,16,22H,5,12-15,17H2,1-4H3. The lowest BCUT2D eigenvalue weighted by Gasteiger charge is -2.32. The summed E-state index contributed by atoms with van der Waals surface area (Å²) in [6.07, 6.45) is 1.86. The summed E-state index contributed by atoms with van der Waals surface area (Å²) in [7, 11) is 0. The number of piperidine rings is 1. The molecule has 1 saturated heterocycles. The van der Waals surface area contributed by atoms with Crippen LogP contribution in [0.1, 0.15) is 36.5 Å². The molecule has 3 aromatic rings. The van der Waals surface area contributed by atoms with Crippen LogP contribution in [-0.2, 0) is 11.3 Å². The van der Waals surface area contributed by atoms with Gasteiger partial charge in [0.25, 0.3) is 0 Å². The van der Waals surface area contributed by atoms with Gasteiger partial charge >= 0.3 is 0 Å². The van der Waals surface area contributed by atoms with E-state index >= 15 is 0 Å². The molecule has 6 nitrogen and oxygen atoms in total. The Morgan fingerprint density at radius 1 is 1.06 bits per heavy atom. The van der Waals surface area contributed by atoms with Crippen molar-refractivity contribution in [3.05, 3.63) is 59.2 Å². The van der Waals surface area contributed by atoms with Crippen LogP contribution in [0.3, 0.4) is 0 Å². The first-order valence-corrected chi connectivity index (χ1v) is 12.6. The summed E-state index contributed by atoms with van der Waals surface area (Å²) < 4.78 is 8.37. The number of amides is 1. The molecule has 1 amide bonds. The molecule has 0 atom stereocenters. The van der Waals surface area contributed by atoms with Gasteiger partial charge in [-0.1, -0.05) is 53.7 Å². The fourth-order valence-electron chi connectivity index (χ4n) is 4.27. The number of hydrogen-bond donors (Lipinski definition) is 0. The Labute approximate surface area is 200 Å². The van der Waals surface area contributed by atoms with E-state index in [0.717, 1.165) is 65.9 Å². The number of thioether (sulfide) groups is 1. The molecule has 174 valence electrons. The van der Waals surface area contributed by atoms with Gasteiger partial charge < -0.3 is 14.2 Å². The first-order valence-electron chi connectivity index (χ1n) is 11.6. The quantitative estimate of drug-likeness (QED) is 0.458. The number of aryl methyl sites for hydroxylation is 3. The summed E-state index contributed by atoms with van der Waals surface area (Å²) in [5.74, 6) is 2.35. The van der Waals surface area contributed by atoms with Crippen LogP contribution >= 0.6 is 11.8 Å². The third kappa shape index (κ3) is 5.41. The van der Waals surface area contributed by atoms with Crippen molar-refractivity contribution >= 4 is 17.7 Å². The summed E-state index contributed by atoms with van der Waals surface area (Å²) in [5, 5.41) is 9.56. The molecular formula is C26H32N4O2S. The number of aromatic nitrogens is 3. The molecule has 2 aromatic carbocycles. The minimum Gasteiger partial charge on any atom is -0.490 e. The van der Waals surface area contributed by atoms with Gasteiger partial charge in [-0.2, -0.15) is 0 Å². The number of para-hydroxylation sites is 1. The zero-order chi connectivity index (χ0) is 23.4. The number of carbonyl (C=O) groups excluding carboxylic acids is 1. The van der Waals surface area contributed by atoms with Crippen molar-refractivity contribution in [3.63, 3.8) is 0 Å². The molecule has 7 heteroatoms. The number of benzene rings is 2. The van der Waals surface area contributed by atoms with E-state index in [-0.39, 0.29) is 12.0 Å². The number of nitrogens with zero attached hydrogens (tertiary/aromatic N) is 4. The van der Waals surface area contributed by atoms with Gasteiger partial charge in [0.2, 0.25) is 5.91 Å². The number of likely N-dealkylation sites (tertiary alicyclic amines) is 1. The lowest BCUT2D eigenvalue weighted by Crippen LogP contribution is -2.42. The Hall–Kier alpha value is -2.80. The molecule has 0 spiro atoms. The highest BCUT2D eigenvalue weighted by atomic mass is 32.2. The predicted molar refractivity (Wildman–Crippen MR) is 133 cm³/mol. The third-order valence-electron chi connectivity index (χ3n) is 6.12. The van der Waals surface area contributed by atoms with Crippen LogP contribution in [-0.4, -0.2) is 50.5 Å². The summed E-state index contributed by atoms with van der Waals surface area (Å²) in [4.78, 5) is 14.8. The van der Waals surface area contributed by atoms with E-state index in [1.807, 2.05) is 17.0 Å². The fourth-order valence-corrected chi connectivity index (χ4v) is 5.18. The van der Waals surface area contributed by atoms with E-state index in [9.17, 15) is 4.79 Å². The highest BCUT2D eigenvalue weighted by Gasteiger charge is 2.25. The van der Waals surface area contributed by atoms with Gasteiger partial charge in [-0.05, 0) is 44.9 Å². The molecule has 1 aromatic heterocycles. The number of carbonyl (C=O) groups is 1. The van der Waals surface area contributed by atoms with Gasteiger partial charge in [-0.15, -0.1) is 10.2 Å². The number of rotatable bonds is 7. The Kier molecular flexibility index (Phi) is 7.38. The second-order valence-corrected chi connectivity index (χ2v) is 9.57. The Bertz CT molecular complexity index is 1100. The maximum atomic E-state index is 12.9. The molecule has 0 unspecified atom stereocenters. The zero-order valence-corrected chi connectivity index (χ0v) is 20.7. The number of ether oxygens (including phenoxy) is 1. The molecule has 0 bridgehead atoms. The highest BCUT2D eigenvalue weighted by Crippen LogP contribution is 2.28. The minimum absolute atomic E-state index is 0.147. The Balaban J connectivity index is 1.32. The SMILES string of the molecule is CCn1c(SCC(=O)N2CCC(Oc3c(C)cccc3C)CC2)nnc1-c1cccc(C)c1. The van der Waals surface area contributed by atoms with Crippen LogP contribution in [0.5, 0.6) is 5.75 Å². The molecule has 1 aliphatic heterocycles. The van der Waals surface area contributed by atoms with Crippen LogP contribution in [0, 0.1) is 20.8 Å². The van der Waals surface area contributed by atoms with Crippen molar-refractivity contribution in [1.82, 2.24) is 19.7 Å². The van der Waals surface area contributed by atoms with Crippen LogP contribution in [0.2, 0.25) is 0 Å². The summed E-state index contributed by atoms with van der Waals surface area (Å²) in [5.41, 5.74) is 4.56. The van der Waals surface area contributed by atoms with Crippen LogP contribution in [0.4, 0.5) is 0 Å². The molecule has 0 N–H and O–H groups in total. The lowest BCUT2D eigenvalue weighted by atomic mass is 10.1. The molecule has 0 aliphatic carbocycles. The topological polar surface area (TPSA) is 60.2 Å². The van der Waals surface area contributed by atoms with Gasteiger partial charge in [0, 0.05) is 38.0 Å². The van der Waals surface area contributed by atoms with Crippen LogP contribution in [0.15, 0.2) is 47.6 Å². The van der Waals surface area contributed by atoms with E-state index in [4.69, 9.17) is 4.74 Å². The molecule has 0 radical (unpaired) electrons. The molecule has 33 heavy (non-hydrogen) atoms. The van der Waals surface area contributed by atoms with Crippen LogP contribution in [0.25, 0.3) is 11.4 Å². The van der Waals surface area contributed by atoms with Crippen molar-refractivity contribution in [2.45, 2.75) is 58.3 Å². The fraction of sp³-hybridized carbons (Fsp3) is 0.423. The van der Waals surface area contributed by atoms with Crippen molar-refractivity contribution < 1.29 is 9.53 Å². The Morgan fingerprint density at radius 2 is 1.76 bits per heavy atom. The summed E-state index contributed by atoms with van der Waals surface area (Å²) in [6.45, 7) is 10.5. The molecular weight excluding hydrogens is 432 g/mol. The van der Waals surface area contributed by atoms with E-state index < -0.39 is 0 Å². The van der Waals surface area contributed by atoms with Gasteiger partial charge in [-0.3, -0.25) is 4.79 Å². The van der Waals surface area contributed by atoms with Gasteiger partial charge in [0.05, 0.1) is 5.75 Å². The van der Waals surface area contributed by atoms with E-state index in [0.29, 0.717) is 5.75 Å². The van der Waals surface area contributed by atoms with E-state index in [1.54, 1.807) is 0 Å². The first-order chi connectivity index (χ1) is 16.0. The molecule has 2 heterocycles. The average Bonchev–Trinajstić information content (AvgIpc) is 3.23. The largest absolute Gasteiger partial charge is 0.490 e. The maximum absolute atomic E-state index is 12.9. The second-order valence-electron chi connectivity index (χ2n) is 8.63. The molecule has 4 rings (SSSR count). The van der Waals surface area contributed by atoms with Crippen molar-refractivity contribution in [3.8, 4) is 17.1 Å². The predicted octanol–water partition coefficient (Wildman–Crippen LogP) is 5.05. The monoisotopic (exact) mass is 464 g/mol. The molecule has 0 saturated carbocycles. The smallest absolute Gasteiger partial charge is 0.233 e. The van der Waals surface area contributed by atoms with E-state index in [1.165, 1.54) is 17.3 Å².